The van der Waals surface area contributed by atoms with Crippen LogP contribution in [0.15, 0.2) is 41.1 Å². The first-order chi connectivity index (χ1) is 11.4. The summed E-state index contributed by atoms with van der Waals surface area (Å²) < 4.78 is 5.74. The predicted octanol–water partition coefficient (Wildman–Crippen LogP) is 4.04. The highest BCUT2D eigenvalue weighted by molar-refractivity contribution is 5.96. The Morgan fingerprint density at radius 3 is 2.71 bits per heavy atom. The molecule has 3 aromatic rings. The van der Waals surface area contributed by atoms with Crippen LogP contribution in [0.1, 0.15) is 32.4 Å². The quantitative estimate of drug-likeness (QED) is 0.574. The summed E-state index contributed by atoms with van der Waals surface area (Å²) in [4.78, 5) is 19.3. The summed E-state index contributed by atoms with van der Waals surface area (Å²) in [6.07, 6.45) is 3.34. The zero-order valence-corrected chi connectivity index (χ0v) is 13.7. The number of nitro groups is 1. The fourth-order valence-electron chi connectivity index (χ4n) is 2.37. The topological polar surface area (TPSA) is 94.1 Å². The molecule has 2 heterocycles. The van der Waals surface area contributed by atoms with Crippen molar-refractivity contribution in [3.8, 4) is 0 Å². The number of nitro benzene ring substituents is 1. The Morgan fingerprint density at radius 1 is 1.25 bits per heavy atom. The summed E-state index contributed by atoms with van der Waals surface area (Å²) in [6, 6.07) is 6.50. The number of hydrogen-bond donors (Lipinski definition) is 1. The number of nitrogens with zero attached hydrogens (tertiary/aromatic N) is 3. The Morgan fingerprint density at radius 2 is 2.04 bits per heavy atom. The van der Waals surface area contributed by atoms with Gasteiger partial charge >= 0.3 is 0 Å². The molecule has 0 aliphatic heterocycles. The van der Waals surface area contributed by atoms with E-state index in [9.17, 15) is 10.1 Å². The summed E-state index contributed by atoms with van der Waals surface area (Å²) in [6.45, 7) is 6.54. The lowest BCUT2D eigenvalue weighted by molar-refractivity contribution is -0.383. The number of benzene rings is 1. The number of anilines is 1. The maximum atomic E-state index is 11.1. The van der Waals surface area contributed by atoms with Gasteiger partial charge in [0.05, 0.1) is 28.7 Å². The minimum absolute atomic E-state index is 0.0368. The summed E-state index contributed by atoms with van der Waals surface area (Å²) >= 11 is 0. The van der Waals surface area contributed by atoms with Gasteiger partial charge in [-0.1, -0.05) is 20.8 Å². The van der Waals surface area contributed by atoms with Crippen molar-refractivity contribution in [2.45, 2.75) is 32.7 Å². The number of pyridine rings is 1. The first kappa shape index (κ1) is 15.9. The van der Waals surface area contributed by atoms with Crippen molar-refractivity contribution >= 4 is 22.3 Å². The lowest BCUT2D eigenvalue weighted by Gasteiger charge is -2.13. The number of nitrogens with one attached hydrogen (secondary N) is 1. The molecule has 0 aliphatic carbocycles. The van der Waals surface area contributed by atoms with Gasteiger partial charge in [-0.25, -0.2) is 4.98 Å². The van der Waals surface area contributed by atoms with Crippen molar-refractivity contribution in [1.29, 1.82) is 0 Å². The molecule has 0 unspecified atom stereocenters. The van der Waals surface area contributed by atoms with Crippen molar-refractivity contribution in [3.05, 3.63) is 58.4 Å². The Labute approximate surface area is 138 Å². The highest BCUT2D eigenvalue weighted by atomic mass is 16.6. The Hall–Kier alpha value is -2.96. The van der Waals surface area contributed by atoms with Gasteiger partial charge in [0.15, 0.2) is 0 Å². The van der Waals surface area contributed by atoms with Crippen molar-refractivity contribution in [1.82, 2.24) is 9.97 Å². The van der Waals surface area contributed by atoms with Crippen molar-refractivity contribution in [2.24, 2.45) is 0 Å². The van der Waals surface area contributed by atoms with Gasteiger partial charge in [-0.2, -0.15) is 0 Å². The molecule has 0 spiro atoms. The predicted molar refractivity (Wildman–Crippen MR) is 90.9 cm³/mol. The van der Waals surface area contributed by atoms with Crippen LogP contribution in [0, 0.1) is 10.1 Å². The van der Waals surface area contributed by atoms with Crippen LogP contribution < -0.4 is 5.32 Å². The van der Waals surface area contributed by atoms with E-state index in [1.54, 1.807) is 30.6 Å². The maximum absolute atomic E-state index is 11.1. The van der Waals surface area contributed by atoms with Crippen molar-refractivity contribution in [3.63, 3.8) is 0 Å². The molecule has 0 saturated carbocycles. The van der Waals surface area contributed by atoms with Crippen LogP contribution in [0.25, 0.3) is 10.9 Å². The van der Waals surface area contributed by atoms with Crippen LogP contribution in [0.2, 0.25) is 0 Å². The fraction of sp³-hybridized carbons (Fsp3) is 0.294. The van der Waals surface area contributed by atoms with Crippen molar-refractivity contribution in [2.75, 3.05) is 5.32 Å². The third-order valence-electron chi connectivity index (χ3n) is 3.67. The molecule has 2 aromatic heterocycles. The SMILES string of the molecule is CC(C)(C)c1cnc(CNc2ccc([N+](=O)[O-])c3cccnc23)o1. The van der Waals surface area contributed by atoms with Gasteiger partial charge < -0.3 is 9.73 Å². The first-order valence-corrected chi connectivity index (χ1v) is 7.57. The second-order valence-electron chi connectivity index (χ2n) is 6.51. The molecule has 0 fully saturated rings. The highest BCUT2D eigenvalue weighted by Gasteiger charge is 2.19. The van der Waals surface area contributed by atoms with Gasteiger partial charge in [0.2, 0.25) is 5.89 Å². The Bertz CT molecular complexity index is 896. The molecule has 24 heavy (non-hydrogen) atoms. The summed E-state index contributed by atoms with van der Waals surface area (Å²) in [5, 5.41) is 14.8. The summed E-state index contributed by atoms with van der Waals surface area (Å²) in [7, 11) is 0. The van der Waals surface area contributed by atoms with Crippen molar-refractivity contribution < 1.29 is 9.34 Å². The molecule has 0 saturated heterocycles. The molecular weight excluding hydrogens is 308 g/mol. The van der Waals surface area contributed by atoms with E-state index in [1.165, 1.54) is 6.07 Å². The first-order valence-electron chi connectivity index (χ1n) is 7.57. The van der Waals surface area contributed by atoms with E-state index >= 15 is 0 Å². The fourth-order valence-corrected chi connectivity index (χ4v) is 2.37. The molecule has 0 radical (unpaired) electrons. The average Bonchev–Trinajstić information content (AvgIpc) is 3.01. The number of non-ortho nitro benzene ring substituents is 1. The van der Waals surface area contributed by atoms with Crippen LogP contribution in [0.3, 0.4) is 0 Å². The van der Waals surface area contributed by atoms with Gasteiger partial charge in [0.25, 0.3) is 5.69 Å². The van der Waals surface area contributed by atoms with Crippen LogP contribution in [0.4, 0.5) is 11.4 Å². The number of hydrogen-bond acceptors (Lipinski definition) is 6. The molecule has 0 atom stereocenters. The largest absolute Gasteiger partial charge is 0.443 e. The minimum atomic E-state index is -0.405. The molecule has 0 aliphatic rings. The van der Waals surface area contributed by atoms with Crippen LogP contribution in [0.5, 0.6) is 0 Å². The minimum Gasteiger partial charge on any atom is -0.443 e. The third-order valence-corrected chi connectivity index (χ3v) is 3.67. The van der Waals surface area contributed by atoms with Crippen LogP contribution in [-0.2, 0) is 12.0 Å². The molecule has 7 nitrogen and oxygen atoms in total. The Kier molecular flexibility index (Phi) is 3.92. The van der Waals surface area contributed by atoms with E-state index in [0.717, 1.165) is 5.76 Å². The molecule has 124 valence electrons. The van der Waals surface area contributed by atoms with Gasteiger partial charge in [-0.05, 0) is 18.2 Å². The second-order valence-corrected chi connectivity index (χ2v) is 6.51. The maximum Gasteiger partial charge on any atom is 0.278 e. The standard InChI is InChI=1S/C17H18N4O3/c1-17(2,3)14-9-20-15(24-14)10-19-12-6-7-13(21(22)23)11-5-4-8-18-16(11)12/h4-9,19H,10H2,1-3H3. The van der Waals surface area contributed by atoms with E-state index in [0.29, 0.717) is 29.0 Å². The van der Waals surface area contributed by atoms with Gasteiger partial charge in [-0.3, -0.25) is 15.1 Å². The lowest BCUT2D eigenvalue weighted by Crippen LogP contribution is -2.09. The monoisotopic (exact) mass is 326 g/mol. The van der Waals surface area contributed by atoms with Gasteiger partial charge in [0, 0.05) is 17.7 Å². The number of rotatable bonds is 4. The van der Waals surface area contributed by atoms with E-state index in [2.05, 4.69) is 36.1 Å². The highest BCUT2D eigenvalue weighted by Crippen LogP contribution is 2.30. The average molecular weight is 326 g/mol. The molecule has 7 heteroatoms. The molecule has 1 N–H and O–H groups in total. The van der Waals surface area contributed by atoms with Crippen LogP contribution in [-0.4, -0.2) is 14.9 Å². The third kappa shape index (κ3) is 3.05. The Balaban J connectivity index is 1.87. The van der Waals surface area contributed by atoms with Crippen LogP contribution >= 0.6 is 0 Å². The molecule has 3 rings (SSSR count). The van der Waals surface area contributed by atoms with E-state index in [1.807, 2.05) is 0 Å². The lowest BCUT2D eigenvalue weighted by atomic mass is 9.94. The zero-order chi connectivity index (χ0) is 17.3. The van der Waals surface area contributed by atoms with Gasteiger partial charge in [0.1, 0.15) is 11.3 Å². The summed E-state index contributed by atoms with van der Waals surface area (Å²) in [5.41, 5.74) is 1.18. The molecular formula is C17H18N4O3. The number of oxazole rings is 1. The number of aromatic nitrogens is 2. The smallest absolute Gasteiger partial charge is 0.278 e. The van der Waals surface area contributed by atoms with E-state index < -0.39 is 4.92 Å². The van der Waals surface area contributed by atoms with E-state index in [-0.39, 0.29) is 11.1 Å². The summed E-state index contributed by atoms with van der Waals surface area (Å²) in [5.74, 6) is 1.37. The molecule has 1 aromatic carbocycles. The molecule has 0 bridgehead atoms. The zero-order valence-electron chi connectivity index (χ0n) is 13.7. The van der Waals surface area contributed by atoms with E-state index in [4.69, 9.17) is 4.42 Å². The normalized spacial score (nSPS) is 11.6. The van der Waals surface area contributed by atoms with Gasteiger partial charge in [-0.15, -0.1) is 0 Å². The number of fused-ring (bicyclic) bond motifs is 1. The molecule has 0 amide bonds. The second kappa shape index (κ2) is 5.92.